The van der Waals surface area contributed by atoms with Crippen LogP contribution in [-0.2, 0) is 16.0 Å². The number of nitrogens with one attached hydrogen (secondary N) is 1. The molecule has 1 aromatic carbocycles. The van der Waals surface area contributed by atoms with E-state index in [1.54, 1.807) is 7.11 Å². The Labute approximate surface area is 167 Å². The summed E-state index contributed by atoms with van der Waals surface area (Å²) in [5.74, 6) is -0.0516. The van der Waals surface area contributed by atoms with Gasteiger partial charge >= 0.3 is 0 Å². The molecule has 1 fully saturated rings. The minimum absolute atomic E-state index is 0.0516. The molecular weight excluding hydrogens is 354 g/mol. The third-order valence-corrected chi connectivity index (χ3v) is 5.32. The summed E-state index contributed by atoms with van der Waals surface area (Å²) in [7, 11) is 1.64. The summed E-state index contributed by atoms with van der Waals surface area (Å²) < 4.78 is 12.7. The third kappa shape index (κ3) is 4.39. The van der Waals surface area contributed by atoms with Crippen LogP contribution in [0.25, 0.3) is 0 Å². The molecule has 3 rings (SSSR count). The van der Waals surface area contributed by atoms with Crippen LogP contribution in [0.4, 0.5) is 5.69 Å². The van der Waals surface area contributed by atoms with Crippen molar-refractivity contribution < 1.29 is 14.3 Å². The maximum atomic E-state index is 13.0. The molecule has 0 radical (unpaired) electrons. The van der Waals surface area contributed by atoms with E-state index in [-0.39, 0.29) is 5.91 Å². The fourth-order valence-electron chi connectivity index (χ4n) is 3.85. The quantitative estimate of drug-likeness (QED) is 0.745. The summed E-state index contributed by atoms with van der Waals surface area (Å²) in [4.78, 5) is 15.4. The molecule has 1 saturated heterocycles. The molecule has 0 bridgehead atoms. The van der Waals surface area contributed by atoms with Crippen LogP contribution in [0, 0.1) is 20.8 Å². The average Bonchev–Trinajstić information content (AvgIpc) is 2.94. The summed E-state index contributed by atoms with van der Waals surface area (Å²) >= 11 is 0. The van der Waals surface area contributed by atoms with Gasteiger partial charge in [0.25, 0.3) is 5.91 Å². The van der Waals surface area contributed by atoms with Crippen LogP contribution in [0.2, 0.25) is 0 Å². The van der Waals surface area contributed by atoms with Crippen molar-refractivity contribution in [1.29, 1.82) is 0 Å². The van der Waals surface area contributed by atoms with E-state index in [1.165, 1.54) is 11.1 Å². The molecule has 6 heteroatoms. The van der Waals surface area contributed by atoms with E-state index in [4.69, 9.17) is 9.47 Å². The molecule has 0 saturated carbocycles. The van der Waals surface area contributed by atoms with Crippen LogP contribution >= 0.6 is 0 Å². The van der Waals surface area contributed by atoms with E-state index in [9.17, 15) is 4.79 Å². The Morgan fingerprint density at radius 2 is 1.82 bits per heavy atom. The first-order valence-electron chi connectivity index (χ1n) is 9.88. The lowest BCUT2D eigenvalue weighted by Gasteiger charge is -2.29. The fraction of sp³-hybridized carbons (Fsp3) is 0.500. The zero-order chi connectivity index (χ0) is 20.1. The lowest BCUT2D eigenvalue weighted by Crippen LogP contribution is -2.36. The zero-order valence-electron chi connectivity index (χ0n) is 17.4. The second kappa shape index (κ2) is 9.26. The highest BCUT2D eigenvalue weighted by Gasteiger charge is 2.26. The van der Waals surface area contributed by atoms with Gasteiger partial charge in [-0.05, 0) is 26.3 Å². The van der Waals surface area contributed by atoms with Crippen LogP contribution in [0.3, 0.4) is 0 Å². The molecule has 0 aliphatic carbocycles. The van der Waals surface area contributed by atoms with Crippen LogP contribution in [-0.4, -0.2) is 57.0 Å². The Balaban J connectivity index is 1.98. The van der Waals surface area contributed by atoms with Crippen molar-refractivity contribution in [3.8, 4) is 0 Å². The standard InChI is InChI=1S/C22H31N3O3/c1-16-5-7-19(8-6-16)15-25-18(3)20(24-10-13-28-14-11-24)17(2)21(25)22(26)23-9-12-27-4/h5-8H,9-15H2,1-4H3,(H,23,26). The topological polar surface area (TPSA) is 55.7 Å². The van der Waals surface area contributed by atoms with Gasteiger partial charge in [-0.3, -0.25) is 4.79 Å². The first-order valence-corrected chi connectivity index (χ1v) is 9.88. The molecule has 1 aliphatic heterocycles. The highest BCUT2D eigenvalue weighted by Crippen LogP contribution is 2.32. The normalized spacial score (nSPS) is 14.4. The number of carbonyl (C=O) groups is 1. The molecule has 6 nitrogen and oxygen atoms in total. The number of methoxy groups -OCH3 is 1. The van der Waals surface area contributed by atoms with E-state index >= 15 is 0 Å². The number of carbonyl (C=O) groups excluding carboxylic acids is 1. The second-order valence-electron chi connectivity index (χ2n) is 7.33. The number of amides is 1. The summed E-state index contributed by atoms with van der Waals surface area (Å²) in [5.41, 5.74) is 6.46. The Hall–Kier alpha value is -2.31. The van der Waals surface area contributed by atoms with Crippen molar-refractivity contribution in [3.05, 3.63) is 52.3 Å². The average molecular weight is 386 g/mol. The number of rotatable bonds is 7. The van der Waals surface area contributed by atoms with Crippen LogP contribution in [0.5, 0.6) is 0 Å². The molecule has 0 atom stereocenters. The number of aromatic nitrogens is 1. The summed E-state index contributed by atoms with van der Waals surface area (Å²) in [6.07, 6.45) is 0. The Kier molecular flexibility index (Phi) is 6.75. The number of ether oxygens (including phenoxy) is 2. The molecule has 0 unspecified atom stereocenters. The fourth-order valence-corrected chi connectivity index (χ4v) is 3.85. The maximum Gasteiger partial charge on any atom is 0.268 e. The number of hydrogen-bond acceptors (Lipinski definition) is 4. The van der Waals surface area contributed by atoms with Gasteiger partial charge in [0.05, 0.1) is 25.5 Å². The molecule has 1 amide bonds. The monoisotopic (exact) mass is 385 g/mol. The van der Waals surface area contributed by atoms with Crippen molar-refractivity contribution >= 4 is 11.6 Å². The van der Waals surface area contributed by atoms with E-state index < -0.39 is 0 Å². The lowest BCUT2D eigenvalue weighted by molar-refractivity contribution is 0.0927. The van der Waals surface area contributed by atoms with Gasteiger partial charge in [0.1, 0.15) is 5.69 Å². The Morgan fingerprint density at radius 1 is 1.14 bits per heavy atom. The van der Waals surface area contributed by atoms with Crippen molar-refractivity contribution in [3.63, 3.8) is 0 Å². The number of hydrogen-bond donors (Lipinski definition) is 1. The van der Waals surface area contributed by atoms with Crippen molar-refractivity contribution in [1.82, 2.24) is 9.88 Å². The van der Waals surface area contributed by atoms with E-state index in [0.29, 0.717) is 19.7 Å². The van der Waals surface area contributed by atoms with Crippen LogP contribution < -0.4 is 10.2 Å². The van der Waals surface area contributed by atoms with Gasteiger partial charge in [0.2, 0.25) is 0 Å². The molecule has 2 aromatic rings. The van der Waals surface area contributed by atoms with Crippen LogP contribution in [0.15, 0.2) is 24.3 Å². The lowest BCUT2D eigenvalue weighted by atomic mass is 10.1. The van der Waals surface area contributed by atoms with Gasteiger partial charge < -0.3 is 24.3 Å². The molecular formula is C22H31N3O3. The van der Waals surface area contributed by atoms with Crippen molar-refractivity contribution in [2.45, 2.75) is 27.3 Å². The summed E-state index contributed by atoms with van der Waals surface area (Å²) in [5, 5.41) is 2.99. The highest BCUT2D eigenvalue weighted by atomic mass is 16.5. The van der Waals surface area contributed by atoms with Gasteiger partial charge in [0, 0.05) is 44.5 Å². The number of anilines is 1. The van der Waals surface area contributed by atoms with Crippen LogP contribution in [0.1, 0.15) is 32.9 Å². The SMILES string of the molecule is COCCNC(=O)c1c(C)c(N2CCOCC2)c(C)n1Cc1ccc(C)cc1. The predicted molar refractivity (Wildman–Crippen MR) is 111 cm³/mol. The van der Waals surface area contributed by atoms with Gasteiger partial charge in [-0.15, -0.1) is 0 Å². The molecule has 1 aromatic heterocycles. The summed E-state index contributed by atoms with van der Waals surface area (Å²) in [6, 6.07) is 8.49. The Bertz CT molecular complexity index is 805. The largest absolute Gasteiger partial charge is 0.383 e. The van der Waals surface area contributed by atoms with Gasteiger partial charge in [0.15, 0.2) is 0 Å². The summed E-state index contributed by atoms with van der Waals surface area (Å²) in [6.45, 7) is 11.0. The second-order valence-corrected chi connectivity index (χ2v) is 7.33. The molecule has 152 valence electrons. The van der Waals surface area contributed by atoms with Crippen molar-refractivity contribution in [2.24, 2.45) is 0 Å². The van der Waals surface area contributed by atoms with Gasteiger partial charge in [-0.2, -0.15) is 0 Å². The minimum atomic E-state index is -0.0516. The van der Waals surface area contributed by atoms with E-state index in [0.717, 1.165) is 48.9 Å². The predicted octanol–water partition coefficient (Wildman–Crippen LogP) is 2.67. The van der Waals surface area contributed by atoms with Gasteiger partial charge in [-0.25, -0.2) is 0 Å². The van der Waals surface area contributed by atoms with Gasteiger partial charge in [-0.1, -0.05) is 29.8 Å². The molecule has 28 heavy (non-hydrogen) atoms. The van der Waals surface area contributed by atoms with E-state index in [1.807, 2.05) is 0 Å². The first-order chi connectivity index (χ1) is 13.5. The van der Waals surface area contributed by atoms with Crippen molar-refractivity contribution in [2.75, 3.05) is 51.5 Å². The number of nitrogens with zero attached hydrogens (tertiary/aromatic N) is 2. The minimum Gasteiger partial charge on any atom is -0.383 e. The number of benzene rings is 1. The molecule has 0 spiro atoms. The first kappa shape index (κ1) is 20.4. The van der Waals surface area contributed by atoms with E-state index in [2.05, 4.69) is 59.8 Å². The number of aryl methyl sites for hydroxylation is 1. The smallest absolute Gasteiger partial charge is 0.268 e. The highest BCUT2D eigenvalue weighted by molar-refractivity contribution is 5.96. The maximum absolute atomic E-state index is 13.0. The molecule has 2 heterocycles. The molecule has 1 aliphatic rings. The number of morpholine rings is 1. The third-order valence-electron chi connectivity index (χ3n) is 5.32. The Morgan fingerprint density at radius 3 is 2.46 bits per heavy atom. The zero-order valence-corrected chi connectivity index (χ0v) is 17.4. The molecule has 1 N–H and O–H groups in total.